The Hall–Kier alpha value is -3.06. The number of aliphatic hydroxyl groups is 1. The van der Waals surface area contributed by atoms with Gasteiger partial charge in [-0.2, -0.15) is 0 Å². The largest absolute Gasteiger partial charge is 0.393 e. The number of fused-ring (bicyclic) bond motifs is 1. The van der Waals surface area contributed by atoms with E-state index in [1.54, 1.807) is 18.2 Å². The standard InChI is InChI=1S/C29H29Cl2N3O3/c30-19-5-3-4-18(14-19)16-29(24-13-8-20(31)15-26(24)34-28(29)37)23-6-1-2-7-25(23)32-17-27(36)33-21-9-11-22(35)12-10-21/h1-8,13-15,21-22,32,35H,9-12,16-17H2,(H,33,36)(H,34,37). The first kappa shape index (κ1) is 25.6. The summed E-state index contributed by atoms with van der Waals surface area (Å²) in [6.07, 6.45) is 3.04. The minimum absolute atomic E-state index is 0.0679. The van der Waals surface area contributed by atoms with Gasteiger partial charge in [-0.15, -0.1) is 0 Å². The maximum Gasteiger partial charge on any atom is 0.240 e. The lowest BCUT2D eigenvalue weighted by atomic mass is 9.70. The van der Waals surface area contributed by atoms with Crippen LogP contribution in [0.5, 0.6) is 0 Å². The van der Waals surface area contributed by atoms with E-state index in [1.165, 1.54) is 0 Å². The highest BCUT2D eigenvalue weighted by atomic mass is 35.5. The molecule has 5 rings (SSSR count). The molecule has 0 aromatic heterocycles. The van der Waals surface area contributed by atoms with Crippen molar-refractivity contribution in [2.45, 2.75) is 49.7 Å². The van der Waals surface area contributed by atoms with Crippen LogP contribution in [0, 0.1) is 0 Å². The summed E-state index contributed by atoms with van der Waals surface area (Å²) < 4.78 is 0. The summed E-state index contributed by atoms with van der Waals surface area (Å²) in [6, 6.07) is 20.6. The predicted molar refractivity (Wildman–Crippen MR) is 147 cm³/mol. The van der Waals surface area contributed by atoms with Crippen LogP contribution in [-0.4, -0.2) is 35.6 Å². The average Bonchev–Trinajstić information content (AvgIpc) is 3.15. The zero-order chi connectivity index (χ0) is 26.0. The first-order chi connectivity index (χ1) is 17.8. The lowest BCUT2D eigenvalue weighted by Gasteiger charge is -2.31. The SMILES string of the molecule is O=C(CNc1ccccc1C1(Cc2cccc(Cl)c2)C(=O)Nc2cc(Cl)ccc21)NC1CCC(O)CC1. The Labute approximate surface area is 226 Å². The molecule has 0 radical (unpaired) electrons. The van der Waals surface area contributed by atoms with Gasteiger partial charge in [0.2, 0.25) is 11.8 Å². The monoisotopic (exact) mass is 537 g/mol. The molecule has 0 spiro atoms. The second-order valence-electron chi connectivity index (χ2n) is 9.83. The van der Waals surface area contributed by atoms with Gasteiger partial charge in [0.25, 0.3) is 0 Å². The predicted octanol–water partition coefficient (Wildman–Crippen LogP) is 5.31. The van der Waals surface area contributed by atoms with Gasteiger partial charge in [0.1, 0.15) is 5.41 Å². The Bertz CT molecular complexity index is 1320. The molecule has 1 fully saturated rings. The van der Waals surface area contributed by atoms with E-state index in [4.69, 9.17) is 23.2 Å². The Morgan fingerprint density at radius 1 is 0.946 bits per heavy atom. The van der Waals surface area contributed by atoms with Crippen LogP contribution in [0.4, 0.5) is 11.4 Å². The second kappa shape index (κ2) is 10.7. The second-order valence-corrected chi connectivity index (χ2v) is 10.7. The highest BCUT2D eigenvalue weighted by molar-refractivity contribution is 6.31. The van der Waals surface area contributed by atoms with Crippen molar-refractivity contribution in [1.29, 1.82) is 0 Å². The molecule has 6 nitrogen and oxygen atoms in total. The summed E-state index contributed by atoms with van der Waals surface area (Å²) >= 11 is 12.5. The number of nitrogens with one attached hydrogen (secondary N) is 3. The Morgan fingerprint density at radius 2 is 1.70 bits per heavy atom. The van der Waals surface area contributed by atoms with Crippen LogP contribution < -0.4 is 16.0 Å². The average molecular weight is 538 g/mol. The molecule has 37 heavy (non-hydrogen) atoms. The van der Waals surface area contributed by atoms with E-state index in [9.17, 15) is 14.7 Å². The van der Waals surface area contributed by atoms with Gasteiger partial charge in [0.15, 0.2) is 0 Å². The molecule has 192 valence electrons. The van der Waals surface area contributed by atoms with Crippen molar-refractivity contribution < 1.29 is 14.7 Å². The van der Waals surface area contributed by atoms with Crippen LogP contribution in [-0.2, 0) is 21.4 Å². The molecule has 1 saturated carbocycles. The minimum atomic E-state index is -1.05. The van der Waals surface area contributed by atoms with Crippen molar-refractivity contribution in [2.75, 3.05) is 17.2 Å². The van der Waals surface area contributed by atoms with E-state index >= 15 is 0 Å². The molecule has 1 aliphatic heterocycles. The van der Waals surface area contributed by atoms with Crippen LogP contribution in [0.3, 0.4) is 0 Å². The number of hydrogen-bond acceptors (Lipinski definition) is 4. The van der Waals surface area contributed by atoms with Crippen LogP contribution in [0.2, 0.25) is 10.0 Å². The highest BCUT2D eigenvalue weighted by Crippen LogP contribution is 2.48. The third-order valence-electron chi connectivity index (χ3n) is 7.32. The molecule has 3 aromatic carbocycles. The summed E-state index contributed by atoms with van der Waals surface area (Å²) in [5.74, 6) is -0.285. The first-order valence-electron chi connectivity index (χ1n) is 12.5. The number of anilines is 2. The summed E-state index contributed by atoms with van der Waals surface area (Å²) in [5, 5.41) is 20.2. The van der Waals surface area contributed by atoms with Gasteiger partial charge in [0.05, 0.1) is 12.6 Å². The molecule has 8 heteroatoms. The Morgan fingerprint density at radius 3 is 2.49 bits per heavy atom. The fourth-order valence-electron chi connectivity index (χ4n) is 5.52. The number of hydrogen-bond donors (Lipinski definition) is 4. The van der Waals surface area contributed by atoms with Crippen molar-refractivity contribution in [3.05, 3.63) is 93.5 Å². The van der Waals surface area contributed by atoms with Gasteiger partial charge in [-0.1, -0.05) is 59.6 Å². The normalized spacial score (nSPS) is 22.7. The molecule has 1 atom stereocenters. The fraction of sp³-hybridized carbons (Fsp3) is 0.310. The summed E-state index contributed by atoms with van der Waals surface area (Å²) in [6.45, 7) is 0.0679. The number of carbonyl (C=O) groups is 2. The maximum atomic E-state index is 13.8. The molecular formula is C29H29Cl2N3O3. The number of rotatable bonds is 7. The van der Waals surface area contributed by atoms with Gasteiger partial charge in [0, 0.05) is 27.5 Å². The van der Waals surface area contributed by atoms with E-state index < -0.39 is 5.41 Å². The number of halogens is 2. The Kier molecular flexibility index (Phi) is 7.43. The minimum Gasteiger partial charge on any atom is -0.393 e. The van der Waals surface area contributed by atoms with Gasteiger partial charge >= 0.3 is 0 Å². The summed E-state index contributed by atoms with van der Waals surface area (Å²) in [7, 11) is 0. The van der Waals surface area contributed by atoms with Crippen LogP contribution in [0.1, 0.15) is 42.4 Å². The van der Waals surface area contributed by atoms with E-state index in [2.05, 4.69) is 16.0 Å². The third-order valence-corrected chi connectivity index (χ3v) is 7.79. The quantitative estimate of drug-likeness (QED) is 0.329. The molecular weight excluding hydrogens is 509 g/mol. The molecule has 2 amide bonds. The van der Waals surface area contributed by atoms with E-state index in [0.717, 1.165) is 29.5 Å². The van der Waals surface area contributed by atoms with E-state index in [-0.39, 0.29) is 30.5 Å². The number of amides is 2. The molecule has 1 heterocycles. The lowest BCUT2D eigenvalue weighted by Crippen LogP contribution is -2.42. The topological polar surface area (TPSA) is 90.5 Å². The van der Waals surface area contributed by atoms with E-state index in [0.29, 0.717) is 40.7 Å². The zero-order valence-electron chi connectivity index (χ0n) is 20.3. The molecule has 1 unspecified atom stereocenters. The summed E-state index contributed by atoms with van der Waals surface area (Å²) in [5.41, 5.74) is 2.83. The number of benzene rings is 3. The zero-order valence-corrected chi connectivity index (χ0v) is 21.8. The van der Waals surface area contributed by atoms with Crippen molar-refractivity contribution >= 4 is 46.4 Å². The number of aliphatic hydroxyl groups excluding tert-OH is 1. The highest BCUT2D eigenvalue weighted by Gasteiger charge is 2.49. The number of para-hydroxylation sites is 1. The van der Waals surface area contributed by atoms with Gasteiger partial charge in [-0.3, -0.25) is 9.59 Å². The van der Waals surface area contributed by atoms with Crippen LogP contribution in [0.15, 0.2) is 66.7 Å². The first-order valence-corrected chi connectivity index (χ1v) is 13.3. The number of carbonyl (C=O) groups excluding carboxylic acids is 2. The molecule has 4 N–H and O–H groups in total. The smallest absolute Gasteiger partial charge is 0.240 e. The van der Waals surface area contributed by atoms with E-state index in [1.807, 2.05) is 48.5 Å². The molecule has 0 bridgehead atoms. The molecule has 2 aliphatic rings. The third kappa shape index (κ3) is 5.33. The van der Waals surface area contributed by atoms with Crippen molar-refractivity contribution in [2.24, 2.45) is 0 Å². The summed E-state index contributed by atoms with van der Waals surface area (Å²) in [4.78, 5) is 26.6. The fourth-order valence-corrected chi connectivity index (χ4v) is 5.90. The van der Waals surface area contributed by atoms with Crippen molar-refractivity contribution in [1.82, 2.24) is 5.32 Å². The van der Waals surface area contributed by atoms with Crippen molar-refractivity contribution in [3.63, 3.8) is 0 Å². The Balaban J connectivity index is 1.47. The van der Waals surface area contributed by atoms with Crippen LogP contribution >= 0.6 is 23.2 Å². The lowest BCUT2D eigenvalue weighted by molar-refractivity contribution is -0.120. The maximum absolute atomic E-state index is 13.8. The molecule has 3 aromatic rings. The van der Waals surface area contributed by atoms with Gasteiger partial charge in [-0.05, 0) is 79.1 Å². The molecule has 1 aliphatic carbocycles. The van der Waals surface area contributed by atoms with Crippen LogP contribution in [0.25, 0.3) is 0 Å². The van der Waals surface area contributed by atoms with Crippen molar-refractivity contribution in [3.8, 4) is 0 Å². The van der Waals surface area contributed by atoms with Gasteiger partial charge < -0.3 is 21.1 Å². The van der Waals surface area contributed by atoms with Gasteiger partial charge in [-0.25, -0.2) is 0 Å². The molecule has 0 saturated heterocycles.